The minimum Gasteiger partial charge on any atom is -0.294 e. The van der Waals surface area contributed by atoms with Crippen molar-refractivity contribution in [3.05, 3.63) is 35.4 Å². The fourth-order valence-corrected chi connectivity index (χ4v) is 1.91. The molecule has 1 aromatic rings. The molecule has 0 radical (unpaired) electrons. The predicted octanol–water partition coefficient (Wildman–Crippen LogP) is 3.48. The Balaban J connectivity index is 2.26. The molecule has 0 amide bonds. The Labute approximate surface area is 92.0 Å². The van der Waals surface area contributed by atoms with Crippen molar-refractivity contribution in [1.29, 1.82) is 0 Å². The number of hydrogen-bond acceptors (Lipinski definition) is 1. The molecule has 0 aromatic heterocycles. The van der Waals surface area contributed by atoms with Gasteiger partial charge in [-0.25, -0.2) is 0 Å². The largest absolute Gasteiger partial charge is 0.416 e. The lowest BCUT2D eigenvalue weighted by atomic mass is 10.0. The summed E-state index contributed by atoms with van der Waals surface area (Å²) in [6.45, 7) is 0.753. The normalized spacial score (nSPS) is 16.3. The van der Waals surface area contributed by atoms with E-state index >= 15 is 0 Å². The first-order valence-electron chi connectivity index (χ1n) is 5.24. The van der Waals surface area contributed by atoms with E-state index in [1.807, 2.05) is 0 Å². The topological polar surface area (TPSA) is 12.4 Å². The van der Waals surface area contributed by atoms with E-state index in [1.165, 1.54) is 12.1 Å². The molecule has 1 aliphatic rings. The maximum absolute atomic E-state index is 12.7. The molecule has 0 atom stereocenters. The number of nitrogens with zero attached hydrogens (tertiary/aromatic N) is 1. The molecule has 0 saturated heterocycles. The van der Waals surface area contributed by atoms with Crippen LogP contribution in [0.2, 0.25) is 0 Å². The monoisotopic (exact) mass is 227 g/mol. The molecule has 1 heterocycles. The fraction of sp³-hybridized carbons (Fsp3) is 0.417. The van der Waals surface area contributed by atoms with E-state index in [0.717, 1.165) is 31.2 Å². The average molecular weight is 227 g/mol. The van der Waals surface area contributed by atoms with Gasteiger partial charge >= 0.3 is 6.18 Å². The summed E-state index contributed by atoms with van der Waals surface area (Å²) in [5, 5.41) is 0. The number of benzene rings is 1. The highest BCUT2D eigenvalue weighted by molar-refractivity contribution is 5.88. The summed E-state index contributed by atoms with van der Waals surface area (Å²) in [5.41, 5.74) is 0.678. The van der Waals surface area contributed by atoms with Gasteiger partial charge in [0, 0.05) is 18.7 Å². The van der Waals surface area contributed by atoms with Crippen LogP contribution < -0.4 is 0 Å². The number of alkyl halides is 3. The van der Waals surface area contributed by atoms with Crippen LogP contribution >= 0.6 is 0 Å². The second kappa shape index (κ2) is 4.28. The Hall–Kier alpha value is -1.32. The summed E-state index contributed by atoms with van der Waals surface area (Å²) < 4.78 is 38.0. The molecular weight excluding hydrogens is 215 g/mol. The van der Waals surface area contributed by atoms with Gasteiger partial charge in [-0.05, 0) is 24.5 Å². The van der Waals surface area contributed by atoms with Gasteiger partial charge in [0.25, 0.3) is 0 Å². The standard InChI is InChI=1S/C12H12F3N/c13-12(14,15)11-6-2-1-4-9(11)8-10-5-3-7-16-10/h1-2,4,6H,3,5,7-8H2. The van der Waals surface area contributed by atoms with E-state index in [4.69, 9.17) is 0 Å². The maximum Gasteiger partial charge on any atom is 0.416 e. The first-order chi connectivity index (χ1) is 7.57. The Bertz CT molecular complexity index is 407. The first kappa shape index (κ1) is 11.2. The zero-order chi connectivity index (χ0) is 11.6. The lowest BCUT2D eigenvalue weighted by molar-refractivity contribution is -0.138. The summed E-state index contributed by atoms with van der Waals surface area (Å²) in [6, 6.07) is 5.72. The van der Waals surface area contributed by atoms with Crippen LogP contribution in [0, 0.1) is 0 Å². The van der Waals surface area contributed by atoms with Gasteiger partial charge in [-0.2, -0.15) is 13.2 Å². The third-order valence-corrected chi connectivity index (χ3v) is 2.68. The molecule has 0 N–H and O–H groups in total. The van der Waals surface area contributed by atoms with Crippen molar-refractivity contribution in [3.8, 4) is 0 Å². The molecule has 0 spiro atoms. The van der Waals surface area contributed by atoms with E-state index in [1.54, 1.807) is 6.07 Å². The van der Waals surface area contributed by atoms with Crippen LogP contribution in [0.15, 0.2) is 29.3 Å². The summed E-state index contributed by atoms with van der Waals surface area (Å²) >= 11 is 0. The van der Waals surface area contributed by atoms with Gasteiger partial charge in [-0.1, -0.05) is 18.2 Å². The molecular formula is C12H12F3N. The van der Waals surface area contributed by atoms with Crippen molar-refractivity contribution >= 4 is 5.71 Å². The summed E-state index contributed by atoms with van der Waals surface area (Å²) in [4.78, 5) is 4.20. The van der Waals surface area contributed by atoms with Gasteiger partial charge in [-0.3, -0.25) is 4.99 Å². The first-order valence-corrected chi connectivity index (χ1v) is 5.24. The van der Waals surface area contributed by atoms with Crippen molar-refractivity contribution in [2.24, 2.45) is 4.99 Å². The Morgan fingerprint density at radius 2 is 1.94 bits per heavy atom. The van der Waals surface area contributed by atoms with Crippen LogP contribution in [0.4, 0.5) is 13.2 Å². The van der Waals surface area contributed by atoms with E-state index in [2.05, 4.69) is 4.99 Å². The zero-order valence-electron chi connectivity index (χ0n) is 8.72. The summed E-state index contributed by atoms with van der Waals surface area (Å²) in [5.74, 6) is 0. The molecule has 0 saturated carbocycles. The van der Waals surface area contributed by atoms with Gasteiger partial charge < -0.3 is 0 Å². The van der Waals surface area contributed by atoms with Crippen molar-refractivity contribution < 1.29 is 13.2 Å². The number of hydrogen-bond donors (Lipinski definition) is 0. The molecule has 0 bridgehead atoms. The molecule has 1 aliphatic heterocycles. The van der Waals surface area contributed by atoms with Crippen molar-refractivity contribution in [1.82, 2.24) is 0 Å². The molecule has 2 rings (SSSR count). The Morgan fingerprint density at radius 3 is 2.56 bits per heavy atom. The molecule has 4 heteroatoms. The maximum atomic E-state index is 12.7. The minimum atomic E-state index is -4.27. The van der Waals surface area contributed by atoms with Crippen LogP contribution in [0.25, 0.3) is 0 Å². The second-order valence-electron chi connectivity index (χ2n) is 3.88. The Morgan fingerprint density at radius 1 is 1.19 bits per heavy atom. The van der Waals surface area contributed by atoms with Gasteiger partial charge in [0.15, 0.2) is 0 Å². The van der Waals surface area contributed by atoms with Crippen molar-refractivity contribution in [2.45, 2.75) is 25.4 Å². The van der Waals surface area contributed by atoms with Gasteiger partial charge in [-0.15, -0.1) is 0 Å². The van der Waals surface area contributed by atoms with Gasteiger partial charge in [0.1, 0.15) is 0 Å². The SMILES string of the molecule is FC(F)(F)c1ccccc1CC1=NCCC1. The molecule has 0 fully saturated rings. The summed E-state index contributed by atoms with van der Waals surface area (Å²) in [6.07, 6.45) is -2.15. The zero-order valence-corrected chi connectivity index (χ0v) is 8.72. The number of rotatable bonds is 2. The van der Waals surface area contributed by atoms with E-state index < -0.39 is 11.7 Å². The van der Waals surface area contributed by atoms with Crippen LogP contribution in [0.5, 0.6) is 0 Å². The van der Waals surface area contributed by atoms with Gasteiger partial charge in [0.05, 0.1) is 5.56 Å². The lowest BCUT2D eigenvalue weighted by Crippen LogP contribution is -2.11. The van der Waals surface area contributed by atoms with E-state index in [-0.39, 0.29) is 0 Å². The van der Waals surface area contributed by atoms with Crippen LogP contribution in [0.3, 0.4) is 0 Å². The molecule has 86 valence electrons. The van der Waals surface area contributed by atoms with Crippen LogP contribution in [0.1, 0.15) is 24.0 Å². The number of aliphatic imine (C=N–C) groups is 1. The highest BCUT2D eigenvalue weighted by atomic mass is 19.4. The molecule has 0 aliphatic carbocycles. The van der Waals surface area contributed by atoms with E-state index in [0.29, 0.717) is 12.0 Å². The molecule has 1 aromatic carbocycles. The Kier molecular flexibility index (Phi) is 2.99. The highest BCUT2D eigenvalue weighted by Crippen LogP contribution is 2.32. The van der Waals surface area contributed by atoms with E-state index in [9.17, 15) is 13.2 Å². The quantitative estimate of drug-likeness (QED) is 0.733. The van der Waals surface area contributed by atoms with Crippen molar-refractivity contribution in [2.75, 3.05) is 6.54 Å². The van der Waals surface area contributed by atoms with Crippen molar-refractivity contribution in [3.63, 3.8) is 0 Å². The molecule has 1 nitrogen and oxygen atoms in total. The third-order valence-electron chi connectivity index (χ3n) is 2.68. The van der Waals surface area contributed by atoms with Crippen LogP contribution in [-0.2, 0) is 12.6 Å². The third kappa shape index (κ3) is 2.43. The average Bonchev–Trinajstić information content (AvgIpc) is 2.70. The smallest absolute Gasteiger partial charge is 0.294 e. The predicted molar refractivity (Wildman–Crippen MR) is 56.7 cm³/mol. The lowest BCUT2D eigenvalue weighted by Gasteiger charge is -2.12. The fourth-order valence-electron chi connectivity index (χ4n) is 1.91. The molecule has 16 heavy (non-hydrogen) atoms. The summed E-state index contributed by atoms with van der Waals surface area (Å²) in [7, 11) is 0. The minimum absolute atomic E-state index is 0.329. The van der Waals surface area contributed by atoms with Gasteiger partial charge in [0.2, 0.25) is 0 Å². The van der Waals surface area contributed by atoms with Crippen LogP contribution in [-0.4, -0.2) is 12.3 Å². The molecule has 0 unspecified atom stereocenters. The highest BCUT2D eigenvalue weighted by Gasteiger charge is 2.33. The number of halogens is 3. The second-order valence-corrected chi connectivity index (χ2v) is 3.88.